The van der Waals surface area contributed by atoms with Crippen molar-refractivity contribution in [2.75, 3.05) is 13.2 Å². The largest absolute Gasteiger partial charge is 0.382 e. The second-order valence-electron chi connectivity index (χ2n) is 5.58. The van der Waals surface area contributed by atoms with Crippen molar-refractivity contribution in [1.82, 2.24) is 0 Å². The Morgan fingerprint density at radius 2 is 0.656 bits per heavy atom. The van der Waals surface area contributed by atoms with Crippen molar-refractivity contribution in [3.63, 3.8) is 0 Å². The van der Waals surface area contributed by atoms with E-state index in [4.69, 9.17) is 4.74 Å². The smallest absolute Gasteiger partial charge is 0.339 e. The quantitative estimate of drug-likeness (QED) is 0.278. The summed E-state index contributed by atoms with van der Waals surface area (Å²) in [5.74, 6) is -26.5. The van der Waals surface area contributed by atoms with E-state index in [0.717, 1.165) is 13.2 Å². The predicted octanol–water partition coefficient (Wildman–Crippen LogP) is 6.38. The van der Waals surface area contributed by atoms with Gasteiger partial charge < -0.3 is 9.47 Å². The third kappa shape index (κ3) is 7.98. The first-order valence-corrected chi connectivity index (χ1v) is 8.03. The summed E-state index contributed by atoms with van der Waals surface area (Å²) in [7, 11) is 0. The summed E-state index contributed by atoms with van der Waals surface area (Å²) < 4.78 is 209. The molecule has 32 heavy (non-hydrogen) atoms. The molecule has 18 heteroatoms. The molecule has 0 rings (SSSR count). The zero-order valence-corrected chi connectivity index (χ0v) is 15.7. The third-order valence-electron chi connectivity index (χ3n) is 3.24. The Kier molecular flexibility index (Phi) is 12.7. The van der Waals surface area contributed by atoms with Crippen molar-refractivity contribution < 1.29 is 79.7 Å². The van der Waals surface area contributed by atoms with Crippen LogP contribution in [0.2, 0.25) is 0 Å². The number of halogens is 16. The van der Waals surface area contributed by atoms with E-state index in [1.54, 1.807) is 0 Å². The number of hydrogen-bond donors (Lipinski definition) is 0. The molecule has 0 aliphatic carbocycles. The zero-order chi connectivity index (χ0) is 26.3. The van der Waals surface area contributed by atoms with E-state index < -0.39 is 61.6 Å². The Morgan fingerprint density at radius 3 is 0.750 bits per heavy atom. The van der Waals surface area contributed by atoms with Gasteiger partial charge in [0.1, 0.15) is 0 Å². The summed E-state index contributed by atoms with van der Waals surface area (Å²) in [6.45, 7) is 5.67. The van der Waals surface area contributed by atoms with Gasteiger partial charge in [-0.2, -0.15) is 35.1 Å². The highest BCUT2D eigenvalue weighted by Crippen LogP contribution is 2.47. The molecule has 0 aromatic rings. The molecule has 0 saturated heterocycles. The molecule has 0 amide bonds. The lowest BCUT2D eigenvalue weighted by Gasteiger charge is -2.39. The minimum absolute atomic E-state index is 0.844. The van der Waals surface area contributed by atoms with E-state index in [2.05, 4.69) is 4.74 Å². The minimum Gasteiger partial charge on any atom is -0.382 e. The van der Waals surface area contributed by atoms with Gasteiger partial charge in [-0.05, 0) is 13.8 Å². The number of hydrogen-bond acceptors (Lipinski definition) is 2. The number of alkyl halides is 16. The van der Waals surface area contributed by atoms with Crippen LogP contribution in [0.15, 0.2) is 0 Å². The van der Waals surface area contributed by atoms with Crippen LogP contribution in [0.4, 0.5) is 70.2 Å². The van der Waals surface area contributed by atoms with Crippen molar-refractivity contribution in [3.8, 4) is 0 Å². The van der Waals surface area contributed by atoms with E-state index in [0.29, 0.717) is 0 Å². The van der Waals surface area contributed by atoms with Gasteiger partial charge in [-0.25, -0.2) is 35.1 Å². The second kappa shape index (κ2) is 12.3. The highest BCUT2D eigenvalue weighted by Gasteiger charge is 2.71. The molecule has 0 aliphatic heterocycles. The average Bonchev–Trinajstić information content (AvgIpc) is 2.61. The van der Waals surface area contributed by atoms with Crippen LogP contribution in [0.25, 0.3) is 0 Å². The van der Waals surface area contributed by atoms with Crippen molar-refractivity contribution in [3.05, 3.63) is 0 Å². The highest BCUT2D eigenvalue weighted by atomic mass is 19.3. The first-order valence-electron chi connectivity index (χ1n) is 8.03. The Labute approximate surface area is 169 Å². The van der Waals surface area contributed by atoms with Gasteiger partial charge in [0, 0.05) is 13.2 Å². The standard InChI is InChI=1S/C10H6F16O.C4H10O/c11-3(12)7(19,20)1(8(21,22)4(13)14)27-2(9(23,24)5(15)16)10(25,26)6(17)18;1-3-5-4-2/h1-6H;3-4H2,1-2H3. The fourth-order valence-electron chi connectivity index (χ4n) is 1.67. The molecular weight excluding hydrogens is 504 g/mol. The van der Waals surface area contributed by atoms with E-state index in [1.165, 1.54) is 0 Å². The van der Waals surface area contributed by atoms with Gasteiger partial charge in [0.25, 0.3) is 0 Å². The second-order valence-corrected chi connectivity index (χ2v) is 5.58. The van der Waals surface area contributed by atoms with Crippen LogP contribution in [-0.4, -0.2) is 74.8 Å². The molecule has 0 atom stereocenters. The molecule has 0 aliphatic rings. The molecular formula is C14H16F16O2. The van der Waals surface area contributed by atoms with Crippen LogP contribution in [0.5, 0.6) is 0 Å². The fraction of sp³-hybridized carbons (Fsp3) is 1.00. The van der Waals surface area contributed by atoms with Gasteiger partial charge in [-0.1, -0.05) is 0 Å². The Hall–Kier alpha value is -1.20. The maximum atomic E-state index is 13.1. The van der Waals surface area contributed by atoms with E-state index in [1.807, 2.05) is 13.8 Å². The summed E-state index contributed by atoms with van der Waals surface area (Å²) in [4.78, 5) is 0. The molecule has 2 nitrogen and oxygen atoms in total. The van der Waals surface area contributed by atoms with Gasteiger partial charge in [0.15, 0.2) is 12.2 Å². The lowest BCUT2D eigenvalue weighted by atomic mass is 10.0. The molecule has 0 aromatic carbocycles. The minimum atomic E-state index is -6.62. The van der Waals surface area contributed by atoms with Crippen molar-refractivity contribution in [2.24, 2.45) is 0 Å². The molecule has 0 N–H and O–H groups in total. The van der Waals surface area contributed by atoms with Crippen LogP contribution < -0.4 is 0 Å². The molecule has 0 fully saturated rings. The third-order valence-corrected chi connectivity index (χ3v) is 3.24. The maximum Gasteiger partial charge on any atom is 0.339 e. The number of ether oxygens (including phenoxy) is 2. The Morgan fingerprint density at radius 1 is 0.469 bits per heavy atom. The van der Waals surface area contributed by atoms with Crippen molar-refractivity contribution >= 4 is 0 Å². The first-order chi connectivity index (χ1) is 14.2. The summed E-state index contributed by atoms with van der Waals surface area (Å²) >= 11 is 0. The monoisotopic (exact) mass is 520 g/mol. The predicted molar refractivity (Wildman–Crippen MR) is 74.6 cm³/mol. The summed E-state index contributed by atoms with van der Waals surface area (Å²) in [5, 5.41) is 0. The molecule has 0 aromatic heterocycles. The Bertz CT molecular complexity index is 441. The highest BCUT2D eigenvalue weighted by molar-refractivity contribution is 4.99. The lowest BCUT2D eigenvalue weighted by molar-refractivity contribution is -0.364. The van der Waals surface area contributed by atoms with Crippen molar-refractivity contribution in [1.29, 1.82) is 0 Å². The van der Waals surface area contributed by atoms with Crippen LogP contribution >= 0.6 is 0 Å². The summed E-state index contributed by atoms with van der Waals surface area (Å²) in [6.07, 6.45) is -33.0. The molecule has 0 bridgehead atoms. The van der Waals surface area contributed by atoms with Gasteiger partial charge in [-0.15, -0.1) is 0 Å². The number of rotatable bonds is 12. The van der Waals surface area contributed by atoms with Gasteiger partial charge in [0.2, 0.25) is 0 Å². The normalized spacial score (nSPS) is 14.2. The molecule has 196 valence electrons. The van der Waals surface area contributed by atoms with Crippen LogP contribution in [0, 0.1) is 0 Å². The maximum absolute atomic E-state index is 13.1. The average molecular weight is 520 g/mol. The van der Waals surface area contributed by atoms with Crippen LogP contribution in [-0.2, 0) is 9.47 Å². The molecule has 0 heterocycles. The van der Waals surface area contributed by atoms with Gasteiger partial charge in [0.05, 0.1) is 0 Å². The van der Waals surface area contributed by atoms with Gasteiger partial charge >= 0.3 is 49.4 Å². The van der Waals surface area contributed by atoms with Gasteiger partial charge in [-0.3, -0.25) is 0 Å². The summed E-state index contributed by atoms with van der Waals surface area (Å²) in [5.41, 5.74) is 0. The lowest BCUT2D eigenvalue weighted by Crippen LogP contribution is -2.63. The summed E-state index contributed by atoms with van der Waals surface area (Å²) in [6, 6.07) is 0. The SMILES string of the molecule is CCOCC.FC(F)C(F)(F)C(OC(C(F)(F)C(F)F)C(F)(F)C(F)F)C(F)(F)C(F)F. The van der Waals surface area contributed by atoms with Crippen LogP contribution in [0.1, 0.15) is 13.8 Å². The molecule has 0 saturated carbocycles. The molecule has 0 spiro atoms. The Balaban J connectivity index is 0. The fourth-order valence-corrected chi connectivity index (χ4v) is 1.67. The topological polar surface area (TPSA) is 18.5 Å². The first kappa shape index (κ1) is 33.0. The molecule has 0 radical (unpaired) electrons. The van der Waals surface area contributed by atoms with Crippen molar-refractivity contribution in [2.45, 2.75) is 75.4 Å². The van der Waals surface area contributed by atoms with E-state index in [9.17, 15) is 70.2 Å². The van der Waals surface area contributed by atoms with E-state index in [-0.39, 0.29) is 0 Å². The van der Waals surface area contributed by atoms with Crippen LogP contribution in [0.3, 0.4) is 0 Å². The van der Waals surface area contributed by atoms with E-state index >= 15 is 0 Å². The molecule has 0 unspecified atom stereocenters. The zero-order valence-electron chi connectivity index (χ0n) is 15.7.